The van der Waals surface area contributed by atoms with Crippen molar-refractivity contribution >= 4 is 39.1 Å². The van der Waals surface area contributed by atoms with Gasteiger partial charge in [-0.3, -0.25) is 0 Å². The Morgan fingerprint density at radius 3 is 2.89 bits per heavy atom. The van der Waals surface area contributed by atoms with Crippen LogP contribution in [0.4, 0.5) is 0 Å². The maximum Gasteiger partial charge on any atom is 0.349 e. The molecule has 1 aromatic heterocycles. The van der Waals surface area contributed by atoms with Crippen molar-refractivity contribution in [2.24, 2.45) is 0 Å². The van der Waals surface area contributed by atoms with Crippen molar-refractivity contribution in [1.29, 1.82) is 0 Å². The molecular weight excluding hydrogens is 306 g/mol. The molecule has 2 unspecified atom stereocenters. The number of hydrogen-bond donors (Lipinski definition) is 0. The van der Waals surface area contributed by atoms with Gasteiger partial charge in [-0.15, -0.1) is 11.3 Å². The zero-order valence-electron chi connectivity index (χ0n) is 10.2. The number of esters is 1. The van der Waals surface area contributed by atoms with E-state index in [4.69, 9.17) is 0 Å². The normalized spacial score (nSPS) is 26.8. The first kappa shape index (κ1) is 13.4. The molecule has 3 heterocycles. The number of nitrogens with zero attached hydrogens (tertiary/aromatic N) is 1. The Hall–Kier alpha value is -0.570. The Morgan fingerprint density at radius 1 is 1.53 bits per heavy atom. The van der Waals surface area contributed by atoms with E-state index in [9.17, 15) is 13.2 Å². The number of carbonyl (C=O) groups is 1. The zero-order valence-corrected chi connectivity index (χ0v) is 12.7. The molecule has 5 nitrogen and oxygen atoms in total. The van der Waals surface area contributed by atoms with Crippen LogP contribution in [0.2, 0.25) is 0 Å². The van der Waals surface area contributed by atoms with Crippen molar-refractivity contribution in [1.82, 2.24) is 4.31 Å². The fourth-order valence-electron chi connectivity index (χ4n) is 2.53. The van der Waals surface area contributed by atoms with Crippen molar-refractivity contribution < 1.29 is 17.9 Å². The van der Waals surface area contributed by atoms with Crippen LogP contribution in [0.5, 0.6) is 0 Å². The molecular formula is C11H13NO4S3. The minimum atomic E-state index is -3.58. The molecule has 0 radical (unpaired) electrons. The third-order valence-corrected chi connectivity index (χ3v) is 7.81. The molecule has 3 rings (SSSR count). The van der Waals surface area contributed by atoms with Gasteiger partial charge in [-0.1, -0.05) is 0 Å². The number of rotatable bonds is 3. The van der Waals surface area contributed by atoms with E-state index in [0.29, 0.717) is 11.8 Å². The lowest BCUT2D eigenvalue weighted by atomic mass is 10.3. The molecule has 104 valence electrons. The maximum atomic E-state index is 12.6. The van der Waals surface area contributed by atoms with Crippen molar-refractivity contribution in [3.05, 3.63) is 16.3 Å². The molecule has 2 saturated heterocycles. The number of carbonyl (C=O) groups excluding carboxylic acids is 1. The number of methoxy groups -OCH3 is 1. The van der Waals surface area contributed by atoms with Crippen molar-refractivity contribution in [2.75, 3.05) is 19.4 Å². The summed E-state index contributed by atoms with van der Waals surface area (Å²) in [5.41, 5.74) is 0. The average Bonchev–Trinajstić information content (AvgIpc) is 3.12. The van der Waals surface area contributed by atoms with Gasteiger partial charge in [0.1, 0.15) is 9.77 Å². The highest BCUT2D eigenvalue weighted by atomic mass is 32.2. The zero-order chi connectivity index (χ0) is 13.6. The molecule has 2 aliphatic heterocycles. The van der Waals surface area contributed by atoms with E-state index in [-0.39, 0.29) is 15.8 Å². The quantitative estimate of drug-likeness (QED) is 0.788. The minimum absolute atomic E-state index is 0.0744. The summed E-state index contributed by atoms with van der Waals surface area (Å²) in [5.74, 6) is 0.258. The van der Waals surface area contributed by atoms with Crippen LogP contribution in [-0.2, 0) is 14.8 Å². The second kappa shape index (κ2) is 4.76. The summed E-state index contributed by atoms with van der Waals surface area (Å²) in [7, 11) is -2.33. The van der Waals surface area contributed by atoms with Gasteiger partial charge in [0.15, 0.2) is 0 Å². The van der Waals surface area contributed by atoms with Crippen LogP contribution >= 0.6 is 23.1 Å². The fraction of sp³-hybridized carbons (Fsp3) is 0.545. The predicted octanol–water partition coefficient (Wildman–Crippen LogP) is 1.41. The molecule has 0 N–H and O–H groups in total. The highest BCUT2D eigenvalue weighted by Gasteiger charge is 2.46. The minimum Gasteiger partial charge on any atom is -0.465 e. The van der Waals surface area contributed by atoms with E-state index in [2.05, 4.69) is 4.74 Å². The molecule has 2 aliphatic rings. The Morgan fingerprint density at radius 2 is 2.32 bits per heavy atom. The van der Waals surface area contributed by atoms with E-state index in [1.165, 1.54) is 13.2 Å². The van der Waals surface area contributed by atoms with Crippen molar-refractivity contribution in [3.63, 3.8) is 0 Å². The number of thiophene rings is 1. The highest BCUT2D eigenvalue weighted by molar-refractivity contribution is 8.00. The van der Waals surface area contributed by atoms with E-state index >= 15 is 0 Å². The van der Waals surface area contributed by atoms with Crippen LogP contribution in [0.25, 0.3) is 0 Å². The van der Waals surface area contributed by atoms with Crippen LogP contribution in [-0.4, -0.2) is 49.4 Å². The van der Waals surface area contributed by atoms with E-state index in [0.717, 1.165) is 23.5 Å². The van der Waals surface area contributed by atoms with Crippen molar-refractivity contribution in [3.8, 4) is 0 Å². The van der Waals surface area contributed by atoms with Crippen LogP contribution in [0.1, 0.15) is 16.1 Å². The second-order valence-electron chi connectivity index (χ2n) is 4.53. The molecule has 2 bridgehead atoms. The highest BCUT2D eigenvalue weighted by Crippen LogP contribution is 2.41. The van der Waals surface area contributed by atoms with Gasteiger partial charge in [0.2, 0.25) is 10.0 Å². The van der Waals surface area contributed by atoms with Crippen LogP contribution in [0.15, 0.2) is 16.3 Å². The first-order chi connectivity index (χ1) is 9.04. The Kier molecular flexibility index (Phi) is 3.36. The molecule has 1 aromatic rings. The van der Waals surface area contributed by atoms with Gasteiger partial charge in [0.05, 0.1) is 7.11 Å². The summed E-state index contributed by atoms with van der Waals surface area (Å²) < 4.78 is 31.5. The Labute approximate surface area is 120 Å². The molecule has 2 fully saturated rings. The molecule has 0 aliphatic carbocycles. The first-order valence-corrected chi connectivity index (χ1v) is 9.20. The summed E-state index contributed by atoms with van der Waals surface area (Å²) in [5, 5.41) is 2.02. The summed E-state index contributed by atoms with van der Waals surface area (Å²) in [6, 6.07) is 1.57. The van der Waals surface area contributed by atoms with Gasteiger partial charge < -0.3 is 4.74 Å². The van der Waals surface area contributed by atoms with Crippen LogP contribution in [0.3, 0.4) is 0 Å². The summed E-state index contributed by atoms with van der Waals surface area (Å²) in [4.78, 5) is 11.9. The topological polar surface area (TPSA) is 63.7 Å². The fourth-order valence-corrected chi connectivity index (χ4v) is 7.14. The van der Waals surface area contributed by atoms with E-state index in [1.807, 2.05) is 11.8 Å². The molecule has 2 atom stereocenters. The number of sulfonamides is 1. The SMILES string of the molecule is COC(=O)c1sccc1S(=O)(=O)N1CC2CC1CS2. The predicted molar refractivity (Wildman–Crippen MR) is 74.2 cm³/mol. The average molecular weight is 319 g/mol. The molecule has 19 heavy (non-hydrogen) atoms. The van der Waals surface area contributed by atoms with E-state index < -0.39 is 16.0 Å². The first-order valence-electron chi connectivity index (χ1n) is 5.83. The number of hydrogen-bond acceptors (Lipinski definition) is 6. The summed E-state index contributed by atoms with van der Waals surface area (Å²) >= 11 is 2.93. The Balaban J connectivity index is 1.97. The van der Waals surface area contributed by atoms with Crippen LogP contribution < -0.4 is 0 Å². The molecule has 0 saturated carbocycles. The summed E-state index contributed by atoms with van der Waals surface area (Å²) in [6.07, 6.45) is 0.918. The largest absolute Gasteiger partial charge is 0.465 e. The second-order valence-corrected chi connectivity index (χ2v) is 8.63. The van der Waals surface area contributed by atoms with Crippen LogP contribution in [0, 0.1) is 0 Å². The third kappa shape index (κ3) is 2.10. The lowest BCUT2D eigenvalue weighted by molar-refractivity contribution is 0.0602. The molecule has 0 aromatic carbocycles. The van der Waals surface area contributed by atoms with Gasteiger partial charge in [-0.25, -0.2) is 13.2 Å². The summed E-state index contributed by atoms with van der Waals surface area (Å²) in [6.45, 7) is 0.550. The van der Waals surface area contributed by atoms with Gasteiger partial charge >= 0.3 is 5.97 Å². The maximum absolute atomic E-state index is 12.6. The molecule has 0 amide bonds. The third-order valence-electron chi connectivity index (χ3n) is 3.44. The monoisotopic (exact) mass is 319 g/mol. The van der Waals surface area contributed by atoms with Gasteiger partial charge in [-0.05, 0) is 17.9 Å². The lowest BCUT2D eigenvalue weighted by Crippen LogP contribution is -2.39. The molecule has 0 spiro atoms. The van der Waals surface area contributed by atoms with Gasteiger partial charge in [-0.2, -0.15) is 16.1 Å². The smallest absolute Gasteiger partial charge is 0.349 e. The van der Waals surface area contributed by atoms with Gasteiger partial charge in [0.25, 0.3) is 0 Å². The van der Waals surface area contributed by atoms with Gasteiger partial charge in [0, 0.05) is 23.6 Å². The number of thioether (sulfide) groups is 1. The van der Waals surface area contributed by atoms with Crippen molar-refractivity contribution in [2.45, 2.75) is 22.6 Å². The Bertz CT molecular complexity index is 609. The standard InChI is InChI=1S/C11H13NO4S3/c1-16-11(13)10-9(2-3-17-10)19(14,15)12-5-8-4-7(12)6-18-8/h2-3,7-8H,4-6H2,1H3. The number of ether oxygens (including phenoxy) is 1. The lowest BCUT2D eigenvalue weighted by Gasteiger charge is -2.25. The number of fused-ring (bicyclic) bond motifs is 2. The molecule has 8 heteroatoms. The van der Waals surface area contributed by atoms with E-state index in [1.54, 1.807) is 9.69 Å².